The Bertz CT molecular complexity index is 1810. The van der Waals surface area contributed by atoms with Crippen molar-refractivity contribution in [2.75, 3.05) is 5.32 Å². The topological polar surface area (TPSA) is 187 Å². The number of phenolic OH excluding ortho intramolecular Hbond substituents is 4. The number of ether oxygens (including phenoxy) is 1. The Morgan fingerprint density at radius 2 is 1.49 bits per heavy atom. The molecule has 208 valence electrons. The van der Waals surface area contributed by atoms with E-state index >= 15 is 0 Å². The van der Waals surface area contributed by atoms with E-state index < -0.39 is 22.9 Å². The highest BCUT2D eigenvalue weighted by Crippen LogP contribution is 2.35. The second-order valence-corrected chi connectivity index (χ2v) is 8.61. The molecule has 0 spiro atoms. The lowest BCUT2D eigenvalue weighted by Crippen LogP contribution is -2.09. The van der Waals surface area contributed by atoms with Gasteiger partial charge in [-0.05, 0) is 66.7 Å². The molecule has 0 fully saturated rings. The number of nitrogens with one attached hydrogen (secondary N) is 1. The number of hydrogen-bond acceptors (Lipinski definition) is 10. The summed E-state index contributed by atoms with van der Waals surface area (Å²) in [5.74, 6) is -2.23. The Balaban J connectivity index is 0.000000189. The maximum absolute atomic E-state index is 12.1. The van der Waals surface area contributed by atoms with Crippen LogP contribution in [0.25, 0.3) is 22.3 Å². The van der Waals surface area contributed by atoms with Crippen LogP contribution in [0.2, 0.25) is 0 Å². The summed E-state index contributed by atoms with van der Waals surface area (Å²) in [6, 6.07) is 20.1. The number of benzene rings is 4. The van der Waals surface area contributed by atoms with Crippen molar-refractivity contribution in [3.8, 4) is 45.8 Å². The first-order chi connectivity index (χ1) is 19.5. The molecule has 0 aliphatic carbocycles. The highest BCUT2D eigenvalue weighted by Gasteiger charge is 2.17. The molecule has 1 aromatic heterocycles. The summed E-state index contributed by atoms with van der Waals surface area (Å²) in [7, 11) is 0. The lowest BCUT2D eigenvalue weighted by Gasteiger charge is -2.07. The smallest absolute Gasteiger partial charge is 0.347 e. The van der Waals surface area contributed by atoms with Gasteiger partial charge >= 0.3 is 5.97 Å². The third-order valence-electron chi connectivity index (χ3n) is 5.60. The largest absolute Gasteiger partial charge is 0.508 e. The Kier molecular flexibility index (Phi) is 8.09. The van der Waals surface area contributed by atoms with Crippen LogP contribution in [-0.2, 0) is 4.79 Å². The van der Waals surface area contributed by atoms with E-state index in [1.54, 1.807) is 36.4 Å². The first-order valence-corrected chi connectivity index (χ1v) is 11.9. The second kappa shape index (κ2) is 11.8. The monoisotopic (exact) mass is 557 g/mol. The van der Waals surface area contributed by atoms with Crippen LogP contribution >= 0.6 is 0 Å². The van der Waals surface area contributed by atoms with Crippen LogP contribution in [0.4, 0.5) is 5.69 Å². The van der Waals surface area contributed by atoms with Gasteiger partial charge in [0.15, 0.2) is 17.3 Å². The summed E-state index contributed by atoms with van der Waals surface area (Å²) in [4.78, 5) is 34.8. The third-order valence-corrected chi connectivity index (χ3v) is 5.60. The molecule has 0 aliphatic heterocycles. The zero-order valence-corrected chi connectivity index (χ0v) is 21.4. The van der Waals surface area contributed by atoms with Crippen LogP contribution < -0.4 is 15.5 Å². The van der Waals surface area contributed by atoms with Crippen molar-refractivity contribution < 1.29 is 44.3 Å². The maximum atomic E-state index is 12.1. The van der Waals surface area contributed by atoms with Crippen molar-refractivity contribution in [1.82, 2.24) is 0 Å². The fourth-order valence-electron chi connectivity index (χ4n) is 3.65. The van der Waals surface area contributed by atoms with Crippen LogP contribution in [0.3, 0.4) is 0 Å². The summed E-state index contributed by atoms with van der Waals surface area (Å²) in [6.07, 6.45) is 0. The SMILES string of the molecule is CC(=O)Nc1ccc(OC(=O)c2ccccc2O)cc1.O=c1c(O)c(-c2ccc(O)c(O)c2)oc2cc(O)ccc12. The van der Waals surface area contributed by atoms with Gasteiger partial charge in [-0.25, -0.2) is 4.79 Å². The quantitative estimate of drug-likeness (QED) is 0.101. The van der Waals surface area contributed by atoms with Crippen molar-refractivity contribution in [2.24, 2.45) is 0 Å². The van der Waals surface area contributed by atoms with Crippen molar-refractivity contribution in [3.05, 3.63) is 101 Å². The molecule has 1 heterocycles. The first-order valence-electron chi connectivity index (χ1n) is 11.9. The van der Waals surface area contributed by atoms with E-state index in [-0.39, 0.29) is 51.0 Å². The molecule has 0 bridgehead atoms. The van der Waals surface area contributed by atoms with Crippen LogP contribution in [0.1, 0.15) is 17.3 Å². The summed E-state index contributed by atoms with van der Waals surface area (Å²) >= 11 is 0. The minimum absolute atomic E-state index is 0.0872. The fourth-order valence-corrected chi connectivity index (χ4v) is 3.65. The number of phenols is 4. The van der Waals surface area contributed by atoms with Gasteiger partial charge in [0.1, 0.15) is 28.4 Å². The van der Waals surface area contributed by atoms with Gasteiger partial charge < -0.3 is 40.0 Å². The highest BCUT2D eigenvalue weighted by atomic mass is 16.5. The van der Waals surface area contributed by atoms with Crippen molar-refractivity contribution in [3.63, 3.8) is 0 Å². The summed E-state index contributed by atoms with van der Waals surface area (Å²) in [5.41, 5.74) is 0.364. The molecule has 0 atom stereocenters. The standard InChI is InChI=1S/C15H13NO4.C15H10O6/c1-10(17)16-11-6-8-12(9-7-11)20-15(19)13-4-2-3-5-14(13)18;16-8-2-3-9-12(6-8)21-15(14(20)13(9)19)7-1-4-10(17)11(18)5-7/h2-9,18H,1H3,(H,16,17);1-6,16-18,20H. The number of rotatable bonds is 4. The lowest BCUT2D eigenvalue weighted by molar-refractivity contribution is -0.114. The molecular formula is C30H23NO10. The number of carbonyl (C=O) groups is 2. The third kappa shape index (κ3) is 6.55. The van der Waals surface area contributed by atoms with Crippen molar-refractivity contribution >= 4 is 28.5 Å². The minimum atomic E-state index is -0.654. The average molecular weight is 558 g/mol. The van der Waals surface area contributed by atoms with Crippen LogP contribution in [-0.4, -0.2) is 37.4 Å². The second-order valence-electron chi connectivity index (χ2n) is 8.61. The lowest BCUT2D eigenvalue weighted by atomic mass is 10.1. The Hall–Kier alpha value is -5.97. The average Bonchev–Trinajstić information content (AvgIpc) is 2.93. The zero-order valence-electron chi connectivity index (χ0n) is 21.4. The van der Waals surface area contributed by atoms with E-state index in [1.807, 2.05) is 0 Å². The van der Waals surface area contributed by atoms with Gasteiger partial charge in [0.2, 0.25) is 17.1 Å². The Morgan fingerprint density at radius 3 is 2.15 bits per heavy atom. The first kappa shape index (κ1) is 28.0. The molecule has 1 amide bonds. The number of hydrogen-bond donors (Lipinski definition) is 6. The van der Waals surface area contributed by atoms with E-state index in [1.165, 1.54) is 49.4 Å². The molecular weight excluding hydrogens is 534 g/mol. The zero-order chi connectivity index (χ0) is 29.7. The normalized spacial score (nSPS) is 10.4. The maximum Gasteiger partial charge on any atom is 0.347 e. The van der Waals surface area contributed by atoms with Gasteiger partial charge in [-0.1, -0.05) is 12.1 Å². The summed E-state index contributed by atoms with van der Waals surface area (Å²) in [6.45, 7) is 1.41. The molecule has 6 N–H and O–H groups in total. The Labute approximate surface area is 231 Å². The van der Waals surface area contributed by atoms with Gasteiger partial charge in [-0.3, -0.25) is 9.59 Å². The van der Waals surface area contributed by atoms with Crippen LogP contribution in [0.5, 0.6) is 34.5 Å². The molecule has 4 aromatic carbocycles. The summed E-state index contributed by atoms with van der Waals surface area (Å²) < 4.78 is 10.6. The molecule has 11 heteroatoms. The molecule has 0 aliphatic rings. The molecule has 5 rings (SSSR count). The predicted molar refractivity (Wildman–Crippen MR) is 148 cm³/mol. The van der Waals surface area contributed by atoms with Crippen molar-refractivity contribution in [2.45, 2.75) is 6.92 Å². The number of para-hydroxylation sites is 1. The molecule has 0 unspecified atom stereocenters. The number of esters is 1. The molecule has 41 heavy (non-hydrogen) atoms. The molecule has 0 saturated heterocycles. The highest BCUT2D eigenvalue weighted by molar-refractivity contribution is 5.94. The van der Waals surface area contributed by atoms with Gasteiger partial charge in [0.25, 0.3) is 0 Å². The number of carbonyl (C=O) groups excluding carboxylic acids is 2. The van der Waals surface area contributed by atoms with E-state index in [0.29, 0.717) is 11.4 Å². The fraction of sp³-hybridized carbons (Fsp3) is 0.0333. The van der Waals surface area contributed by atoms with Gasteiger partial charge in [-0.15, -0.1) is 0 Å². The molecule has 5 aromatic rings. The number of aromatic hydroxyl groups is 5. The van der Waals surface area contributed by atoms with E-state index in [4.69, 9.17) is 9.15 Å². The van der Waals surface area contributed by atoms with Crippen LogP contribution in [0.15, 0.2) is 94.1 Å². The van der Waals surface area contributed by atoms with Gasteiger partial charge in [0.05, 0.1) is 5.39 Å². The number of fused-ring (bicyclic) bond motifs is 1. The molecule has 11 nitrogen and oxygen atoms in total. The van der Waals surface area contributed by atoms with Crippen molar-refractivity contribution in [1.29, 1.82) is 0 Å². The van der Waals surface area contributed by atoms with Gasteiger partial charge in [-0.2, -0.15) is 0 Å². The van der Waals surface area contributed by atoms with E-state index in [2.05, 4.69) is 5.32 Å². The number of amides is 1. The summed E-state index contributed by atoms with van der Waals surface area (Å²) in [5, 5.41) is 50.5. The van der Waals surface area contributed by atoms with Gasteiger partial charge in [0, 0.05) is 24.2 Å². The van der Waals surface area contributed by atoms with Crippen LogP contribution in [0, 0.1) is 0 Å². The minimum Gasteiger partial charge on any atom is -0.508 e. The molecule has 0 saturated carbocycles. The predicted octanol–water partition coefficient (Wildman–Crippen LogP) is 4.85. The van der Waals surface area contributed by atoms with E-state index in [9.17, 15) is 39.9 Å². The van der Waals surface area contributed by atoms with E-state index in [0.717, 1.165) is 6.07 Å². The molecule has 0 radical (unpaired) electrons. The Morgan fingerprint density at radius 1 is 0.780 bits per heavy atom. The number of anilines is 1.